The molecule has 1 aliphatic rings. The molecule has 4 atom stereocenters. The Morgan fingerprint density at radius 1 is 1.45 bits per heavy atom. The molecular formula is C18H24N4O7. The second-order valence-corrected chi connectivity index (χ2v) is 6.37. The number of ether oxygens (including phenoxy) is 2. The molecule has 1 saturated heterocycles. The number of aromatic nitrogens is 2. The van der Waals surface area contributed by atoms with E-state index in [0.717, 1.165) is 10.9 Å². The standard InChI is InChI=1S/C18H24N4O7/c1-3-12-10-22(16-14(25)13(24)11(2)29-16)17(26)20-15(12)21-18(27)28-9-5-7-19-6-4-8-23/h1,8,10-11,13-14,16,19,24-25H,4-7,9H2,2H3,(H,20,21,26,27)/t11-,13?,14?,16-/m1/s1. The average molecular weight is 408 g/mol. The number of hydrogen-bond acceptors (Lipinski definition) is 9. The molecule has 11 heteroatoms. The topological polar surface area (TPSA) is 152 Å². The van der Waals surface area contributed by atoms with Gasteiger partial charge in [0.25, 0.3) is 0 Å². The van der Waals surface area contributed by atoms with Crippen LogP contribution in [0.5, 0.6) is 0 Å². The lowest BCUT2D eigenvalue weighted by Gasteiger charge is -2.18. The highest BCUT2D eigenvalue weighted by atomic mass is 16.6. The molecule has 1 aromatic rings. The van der Waals surface area contributed by atoms with Crippen LogP contribution in [0.3, 0.4) is 0 Å². The van der Waals surface area contributed by atoms with Crippen molar-refractivity contribution in [1.29, 1.82) is 0 Å². The molecule has 0 spiro atoms. The molecule has 29 heavy (non-hydrogen) atoms. The highest BCUT2D eigenvalue weighted by Crippen LogP contribution is 2.28. The summed E-state index contributed by atoms with van der Waals surface area (Å²) in [6.07, 6.45) is 3.22. The second-order valence-electron chi connectivity index (χ2n) is 6.37. The van der Waals surface area contributed by atoms with E-state index in [0.29, 0.717) is 25.9 Å². The number of aliphatic hydroxyl groups is 2. The second kappa shape index (κ2) is 10.7. The van der Waals surface area contributed by atoms with E-state index < -0.39 is 36.3 Å². The quantitative estimate of drug-likeness (QED) is 0.228. The third-order valence-corrected chi connectivity index (χ3v) is 4.25. The molecule has 0 bridgehead atoms. The number of hydrogen-bond donors (Lipinski definition) is 4. The molecule has 1 amide bonds. The number of rotatable bonds is 9. The zero-order valence-corrected chi connectivity index (χ0v) is 15.9. The molecule has 1 aromatic heterocycles. The molecule has 4 N–H and O–H groups in total. The Balaban J connectivity index is 1.97. The predicted octanol–water partition coefficient (Wildman–Crippen LogP) is -1.02. The van der Waals surface area contributed by atoms with E-state index >= 15 is 0 Å². The molecule has 0 radical (unpaired) electrons. The van der Waals surface area contributed by atoms with Gasteiger partial charge >= 0.3 is 11.8 Å². The average Bonchev–Trinajstić information content (AvgIpc) is 2.94. The molecule has 1 aliphatic heterocycles. The molecular weight excluding hydrogens is 384 g/mol. The van der Waals surface area contributed by atoms with Crippen molar-refractivity contribution in [3.63, 3.8) is 0 Å². The first-order valence-corrected chi connectivity index (χ1v) is 9.08. The molecule has 2 heterocycles. The van der Waals surface area contributed by atoms with E-state index in [1.54, 1.807) is 6.92 Å². The smallest absolute Gasteiger partial charge is 0.412 e. The fraction of sp³-hybridized carbons (Fsp3) is 0.556. The van der Waals surface area contributed by atoms with Crippen LogP contribution in [0.4, 0.5) is 10.6 Å². The summed E-state index contributed by atoms with van der Waals surface area (Å²) in [4.78, 5) is 38.1. The fourth-order valence-electron chi connectivity index (χ4n) is 2.69. The predicted molar refractivity (Wildman–Crippen MR) is 101 cm³/mol. The van der Waals surface area contributed by atoms with E-state index in [2.05, 4.69) is 21.5 Å². The minimum atomic E-state index is -1.33. The number of nitrogens with zero attached hydrogens (tertiary/aromatic N) is 2. The van der Waals surface area contributed by atoms with Gasteiger partial charge in [0.2, 0.25) is 0 Å². The van der Waals surface area contributed by atoms with Crippen molar-refractivity contribution >= 4 is 18.2 Å². The lowest BCUT2D eigenvalue weighted by Crippen LogP contribution is -2.36. The van der Waals surface area contributed by atoms with Crippen molar-refractivity contribution in [3.05, 3.63) is 22.2 Å². The van der Waals surface area contributed by atoms with Crippen molar-refractivity contribution in [2.45, 2.75) is 44.3 Å². The van der Waals surface area contributed by atoms with Crippen molar-refractivity contribution < 1.29 is 29.3 Å². The molecule has 1 fully saturated rings. The molecule has 11 nitrogen and oxygen atoms in total. The maximum Gasteiger partial charge on any atom is 0.412 e. The van der Waals surface area contributed by atoms with Crippen LogP contribution in [0.15, 0.2) is 11.0 Å². The molecule has 0 aromatic carbocycles. The number of carbonyl (C=O) groups is 2. The highest BCUT2D eigenvalue weighted by molar-refractivity contribution is 5.84. The number of terminal acetylenes is 1. The van der Waals surface area contributed by atoms with Crippen LogP contribution < -0.4 is 16.3 Å². The normalized spacial score (nSPS) is 23.4. The van der Waals surface area contributed by atoms with Gasteiger partial charge in [-0.25, -0.2) is 9.59 Å². The van der Waals surface area contributed by atoms with Gasteiger partial charge in [0.15, 0.2) is 12.0 Å². The summed E-state index contributed by atoms with van der Waals surface area (Å²) in [5.74, 6) is 2.13. The Kier molecular flexibility index (Phi) is 8.29. The lowest BCUT2D eigenvalue weighted by molar-refractivity contribution is -0.107. The van der Waals surface area contributed by atoms with E-state index in [-0.39, 0.29) is 18.0 Å². The molecule has 2 rings (SSSR count). The number of anilines is 1. The lowest BCUT2D eigenvalue weighted by atomic mass is 10.1. The van der Waals surface area contributed by atoms with Gasteiger partial charge < -0.3 is 29.8 Å². The Morgan fingerprint density at radius 2 is 2.21 bits per heavy atom. The van der Waals surface area contributed by atoms with Gasteiger partial charge in [-0.3, -0.25) is 9.88 Å². The summed E-state index contributed by atoms with van der Waals surface area (Å²) in [6, 6.07) is 0. The van der Waals surface area contributed by atoms with Crippen LogP contribution in [0.1, 0.15) is 31.6 Å². The van der Waals surface area contributed by atoms with Crippen LogP contribution in [0, 0.1) is 12.3 Å². The molecule has 158 valence electrons. The highest BCUT2D eigenvalue weighted by Gasteiger charge is 2.42. The van der Waals surface area contributed by atoms with E-state index in [1.807, 2.05) is 0 Å². The van der Waals surface area contributed by atoms with Crippen LogP contribution >= 0.6 is 0 Å². The summed E-state index contributed by atoms with van der Waals surface area (Å²) in [7, 11) is 0. The summed E-state index contributed by atoms with van der Waals surface area (Å²) in [5, 5.41) is 25.2. The van der Waals surface area contributed by atoms with Gasteiger partial charge in [-0.2, -0.15) is 4.98 Å². The van der Waals surface area contributed by atoms with E-state index in [1.165, 1.54) is 6.20 Å². The minimum Gasteiger partial charge on any atom is -0.449 e. The zero-order valence-electron chi connectivity index (χ0n) is 15.9. The summed E-state index contributed by atoms with van der Waals surface area (Å²) in [5.41, 5.74) is -0.758. The fourth-order valence-corrected chi connectivity index (χ4v) is 2.69. The maximum absolute atomic E-state index is 12.3. The van der Waals surface area contributed by atoms with Crippen LogP contribution in [-0.2, 0) is 14.3 Å². The first kappa shape index (κ1) is 22.5. The Labute approximate surface area is 167 Å². The maximum atomic E-state index is 12.3. The van der Waals surface area contributed by atoms with Crippen LogP contribution in [-0.4, -0.2) is 70.2 Å². The third-order valence-electron chi connectivity index (χ3n) is 4.25. The largest absolute Gasteiger partial charge is 0.449 e. The summed E-state index contributed by atoms with van der Waals surface area (Å²) < 4.78 is 11.3. The van der Waals surface area contributed by atoms with E-state index in [9.17, 15) is 24.6 Å². The Hall–Kier alpha value is -2.78. The van der Waals surface area contributed by atoms with Crippen LogP contribution in [0.25, 0.3) is 0 Å². The van der Waals surface area contributed by atoms with Gasteiger partial charge in [-0.15, -0.1) is 6.42 Å². The number of nitrogens with one attached hydrogen (secondary N) is 2. The molecule has 0 aliphatic carbocycles. The molecule has 0 saturated carbocycles. The van der Waals surface area contributed by atoms with Crippen molar-refractivity contribution in [1.82, 2.24) is 14.9 Å². The van der Waals surface area contributed by atoms with Gasteiger partial charge in [0, 0.05) is 19.2 Å². The first-order valence-electron chi connectivity index (χ1n) is 9.08. The van der Waals surface area contributed by atoms with Gasteiger partial charge in [0.1, 0.15) is 18.5 Å². The summed E-state index contributed by atoms with van der Waals surface area (Å²) in [6.45, 7) is 2.79. The van der Waals surface area contributed by atoms with Gasteiger partial charge in [-0.05, 0) is 19.9 Å². The minimum absolute atomic E-state index is 0.0712. The number of aliphatic hydroxyl groups excluding tert-OH is 2. The van der Waals surface area contributed by atoms with Crippen LogP contribution in [0.2, 0.25) is 0 Å². The van der Waals surface area contributed by atoms with E-state index in [4.69, 9.17) is 15.9 Å². The Bertz CT molecular complexity index is 819. The van der Waals surface area contributed by atoms with Crippen molar-refractivity contribution in [2.75, 3.05) is 25.0 Å². The zero-order chi connectivity index (χ0) is 21.4. The first-order chi connectivity index (χ1) is 13.9. The number of carbonyl (C=O) groups excluding carboxylic acids is 2. The van der Waals surface area contributed by atoms with Gasteiger partial charge in [0.05, 0.1) is 18.3 Å². The number of aldehydes is 1. The third kappa shape index (κ3) is 5.85. The Morgan fingerprint density at radius 3 is 2.83 bits per heavy atom. The van der Waals surface area contributed by atoms with Gasteiger partial charge in [-0.1, -0.05) is 5.92 Å². The summed E-state index contributed by atoms with van der Waals surface area (Å²) >= 11 is 0. The number of amides is 1. The molecule has 2 unspecified atom stereocenters. The van der Waals surface area contributed by atoms with Crippen molar-refractivity contribution in [3.8, 4) is 12.3 Å². The monoisotopic (exact) mass is 408 g/mol. The van der Waals surface area contributed by atoms with Crippen molar-refractivity contribution in [2.24, 2.45) is 0 Å². The SMILES string of the molecule is C#Cc1cn([C@@H]2O[C@H](C)C(O)C2O)c(=O)nc1NC(=O)OCCCNCCC=O.